The van der Waals surface area contributed by atoms with Gasteiger partial charge in [0.1, 0.15) is 0 Å². The van der Waals surface area contributed by atoms with Gasteiger partial charge in [0.05, 0.1) is 18.0 Å². The van der Waals surface area contributed by atoms with E-state index >= 15 is 0 Å². The largest absolute Gasteiger partial charge is 0.351 e. The van der Waals surface area contributed by atoms with Crippen LogP contribution < -0.4 is 5.32 Å². The molecular formula is C16H21N3OS. The third-order valence-corrected chi connectivity index (χ3v) is 4.00. The highest BCUT2D eigenvalue weighted by atomic mass is 32.2. The lowest BCUT2D eigenvalue weighted by Crippen LogP contribution is -2.25. The van der Waals surface area contributed by atoms with E-state index in [1.54, 1.807) is 0 Å². The summed E-state index contributed by atoms with van der Waals surface area (Å²) in [5.74, 6) is 0.563. The van der Waals surface area contributed by atoms with E-state index in [-0.39, 0.29) is 5.91 Å². The van der Waals surface area contributed by atoms with Crippen molar-refractivity contribution in [3.8, 4) is 0 Å². The number of amides is 1. The minimum Gasteiger partial charge on any atom is -0.351 e. The maximum Gasteiger partial charge on any atom is 0.230 e. The summed E-state index contributed by atoms with van der Waals surface area (Å²) in [7, 11) is 0. The van der Waals surface area contributed by atoms with Crippen LogP contribution in [0.3, 0.4) is 0 Å². The molecule has 2 rings (SSSR count). The molecule has 1 N–H and O–H groups in total. The maximum atomic E-state index is 11.6. The van der Waals surface area contributed by atoms with Crippen molar-refractivity contribution < 1.29 is 4.79 Å². The van der Waals surface area contributed by atoms with Gasteiger partial charge in [0.15, 0.2) is 0 Å². The molecule has 112 valence electrons. The zero-order chi connectivity index (χ0) is 15.2. The highest BCUT2D eigenvalue weighted by Crippen LogP contribution is 2.14. The van der Waals surface area contributed by atoms with Crippen LogP contribution >= 0.6 is 11.8 Å². The maximum absolute atomic E-state index is 11.6. The summed E-state index contributed by atoms with van der Waals surface area (Å²) in [5.41, 5.74) is 4.43. The fourth-order valence-corrected chi connectivity index (χ4v) is 2.63. The zero-order valence-electron chi connectivity index (χ0n) is 12.7. The molecule has 0 atom stereocenters. The van der Waals surface area contributed by atoms with Gasteiger partial charge < -0.3 is 5.32 Å². The zero-order valence-corrected chi connectivity index (χ0v) is 13.5. The van der Waals surface area contributed by atoms with Gasteiger partial charge in [0.25, 0.3) is 0 Å². The van der Waals surface area contributed by atoms with Crippen LogP contribution in [-0.4, -0.2) is 27.7 Å². The van der Waals surface area contributed by atoms with Crippen LogP contribution in [0, 0.1) is 13.8 Å². The van der Waals surface area contributed by atoms with Gasteiger partial charge >= 0.3 is 0 Å². The van der Waals surface area contributed by atoms with Crippen molar-refractivity contribution in [3.63, 3.8) is 0 Å². The Balaban J connectivity index is 2.08. The van der Waals surface area contributed by atoms with Crippen LogP contribution in [0.2, 0.25) is 0 Å². The number of nitrogens with one attached hydrogen (secondary N) is 1. The monoisotopic (exact) mass is 303 g/mol. The molecule has 2 aromatic rings. The Morgan fingerprint density at radius 2 is 2.00 bits per heavy atom. The van der Waals surface area contributed by atoms with Gasteiger partial charge in [0, 0.05) is 17.8 Å². The predicted octanol–water partition coefficient (Wildman–Crippen LogP) is 2.53. The second-order valence-electron chi connectivity index (χ2n) is 5.00. The lowest BCUT2D eigenvalue weighted by atomic mass is 10.2. The number of aryl methyl sites for hydroxylation is 1. The minimum absolute atomic E-state index is 0.0668. The molecule has 0 aliphatic heterocycles. The van der Waals surface area contributed by atoms with Crippen molar-refractivity contribution in [1.82, 2.24) is 15.1 Å². The Morgan fingerprint density at radius 3 is 2.67 bits per heavy atom. The summed E-state index contributed by atoms with van der Waals surface area (Å²) in [5, 5.41) is 7.54. The number of carbonyl (C=O) groups is 1. The summed E-state index contributed by atoms with van der Waals surface area (Å²) in [6, 6.07) is 10.3. The van der Waals surface area contributed by atoms with Gasteiger partial charge in [-0.25, -0.2) is 0 Å². The number of hydrogen-bond acceptors (Lipinski definition) is 3. The SMILES string of the molecule is CSCC(=O)NCc1c(C)nn(Cc2ccccc2)c1C. The molecule has 21 heavy (non-hydrogen) atoms. The molecular weight excluding hydrogens is 282 g/mol. The Kier molecular flexibility index (Phi) is 5.44. The first-order valence-corrected chi connectivity index (χ1v) is 8.33. The molecule has 5 heteroatoms. The molecule has 0 aliphatic carbocycles. The van der Waals surface area contributed by atoms with Gasteiger partial charge in [-0.05, 0) is 25.7 Å². The number of hydrogen-bond donors (Lipinski definition) is 1. The van der Waals surface area contributed by atoms with Gasteiger partial charge in [0.2, 0.25) is 5.91 Å². The smallest absolute Gasteiger partial charge is 0.230 e. The third-order valence-electron chi connectivity index (χ3n) is 3.44. The fourth-order valence-electron chi connectivity index (χ4n) is 2.27. The average Bonchev–Trinajstić information content (AvgIpc) is 2.73. The summed E-state index contributed by atoms with van der Waals surface area (Å²) in [6.07, 6.45) is 1.92. The van der Waals surface area contributed by atoms with E-state index in [0.29, 0.717) is 12.3 Å². The van der Waals surface area contributed by atoms with E-state index < -0.39 is 0 Å². The molecule has 4 nitrogen and oxygen atoms in total. The lowest BCUT2D eigenvalue weighted by molar-refractivity contribution is -0.118. The van der Waals surface area contributed by atoms with Crippen LogP contribution in [0.15, 0.2) is 30.3 Å². The van der Waals surface area contributed by atoms with Crippen molar-refractivity contribution in [2.75, 3.05) is 12.0 Å². The molecule has 0 saturated heterocycles. The summed E-state index contributed by atoms with van der Waals surface area (Å²) in [4.78, 5) is 11.6. The topological polar surface area (TPSA) is 46.9 Å². The van der Waals surface area contributed by atoms with Crippen molar-refractivity contribution in [1.29, 1.82) is 0 Å². The average molecular weight is 303 g/mol. The first-order chi connectivity index (χ1) is 10.1. The molecule has 0 bridgehead atoms. The summed E-state index contributed by atoms with van der Waals surface area (Å²) in [6.45, 7) is 5.35. The molecule has 1 aromatic heterocycles. The number of nitrogens with zero attached hydrogens (tertiary/aromatic N) is 2. The van der Waals surface area contributed by atoms with Gasteiger partial charge in [-0.3, -0.25) is 9.48 Å². The second-order valence-corrected chi connectivity index (χ2v) is 5.87. The van der Waals surface area contributed by atoms with Gasteiger partial charge in [-0.15, -0.1) is 0 Å². The van der Waals surface area contributed by atoms with Crippen LogP contribution in [0.1, 0.15) is 22.5 Å². The Bertz CT molecular complexity index is 607. The second kappa shape index (κ2) is 7.31. The van der Waals surface area contributed by atoms with Gasteiger partial charge in [-0.1, -0.05) is 30.3 Å². The molecule has 0 saturated carbocycles. The molecule has 1 aromatic carbocycles. The molecule has 1 heterocycles. The highest BCUT2D eigenvalue weighted by Gasteiger charge is 2.12. The van der Waals surface area contributed by atoms with Crippen LogP contribution in [0.25, 0.3) is 0 Å². The van der Waals surface area contributed by atoms with Crippen molar-refractivity contribution in [2.45, 2.75) is 26.9 Å². The molecule has 0 aliphatic rings. The Hall–Kier alpha value is -1.75. The highest BCUT2D eigenvalue weighted by molar-refractivity contribution is 7.99. The van der Waals surface area contributed by atoms with Crippen LogP contribution in [-0.2, 0) is 17.9 Å². The number of thioether (sulfide) groups is 1. The van der Waals surface area contributed by atoms with Crippen LogP contribution in [0.5, 0.6) is 0 Å². The van der Waals surface area contributed by atoms with E-state index in [1.165, 1.54) is 17.3 Å². The lowest BCUT2D eigenvalue weighted by Gasteiger charge is -2.07. The predicted molar refractivity (Wildman–Crippen MR) is 87.5 cm³/mol. The number of benzene rings is 1. The number of rotatable bonds is 6. The first-order valence-electron chi connectivity index (χ1n) is 6.94. The van der Waals surface area contributed by atoms with E-state index in [1.807, 2.05) is 36.1 Å². The molecule has 0 fully saturated rings. The standard InChI is InChI=1S/C16H21N3OS/c1-12-15(9-17-16(20)11-21-3)13(2)19(18-12)10-14-7-5-4-6-8-14/h4-8H,9-11H2,1-3H3,(H,17,20). The van der Waals surface area contributed by atoms with Crippen molar-refractivity contribution >= 4 is 17.7 Å². The van der Waals surface area contributed by atoms with E-state index in [9.17, 15) is 4.79 Å². The number of aromatic nitrogens is 2. The molecule has 0 radical (unpaired) electrons. The van der Waals surface area contributed by atoms with E-state index in [0.717, 1.165) is 23.5 Å². The van der Waals surface area contributed by atoms with E-state index in [2.05, 4.69) is 29.5 Å². The fraction of sp³-hybridized carbons (Fsp3) is 0.375. The van der Waals surface area contributed by atoms with E-state index in [4.69, 9.17) is 0 Å². The molecule has 0 unspecified atom stereocenters. The molecule has 1 amide bonds. The third kappa shape index (κ3) is 4.11. The van der Waals surface area contributed by atoms with Crippen LogP contribution in [0.4, 0.5) is 0 Å². The number of carbonyl (C=O) groups excluding carboxylic acids is 1. The van der Waals surface area contributed by atoms with Crippen molar-refractivity contribution in [2.24, 2.45) is 0 Å². The summed E-state index contributed by atoms with van der Waals surface area (Å²) < 4.78 is 2.00. The minimum atomic E-state index is 0.0668. The quantitative estimate of drug-likeness (QED) is 0.892. The Labute approximate surface area is 129 Å². The first kappa shape index (κ1) is 15.6. The normalized spacial score (nSPS) is 10.6. The summed E-state index contributed by atoms with van der Waals surface area (Å²) >= 11 is 1.53. The Morgan fingerprint density at radius 1 is 1.29 bits per heavy atom. The van der Waals surface area contributed by atoms with Gasteiger partial charge in [-0.2, -0.15) is 16.9 Å². The molecule has 0 spiro atoms. The van der Waals surface area contributed by atoms with Crippen molar-refractivity contribution in [3.05, 3.63) is 52.8 Å².